The summed E-state index contributed by atoms with van der Waals surface area (Å²) < 4.78 is 0. The van der Waals surface area contributed by atoms with Crippen LogP contribution in [0.3, 0.4) is 0 Å². The summed E-state index contributed by atoms with van der Waals surface area (Å²) in [5.41, 5.74) is 0. The van der Waals surface area contributed by atoms with Gasteiger partial charge in [0.25, 0.3) is 0 Å². The third-order valence-electron chi connectivity index (χ3n) is 3.34. The Morgan fingerprint density at radius 1 is 1.43 bits per heavy atom. The fourth-order valence-electron chi connectivity index (χ4n) is 2.51. The maximum Gasteiger partial charge on any atom is 0.316 e. The Labute approximate surface area is 85.2 Å². The number of rotatable bonds is 2. The van der Waals surface area contributed by atoms with Crippen LogP contribution in [0.1, 0.15) is 12.8 Å². The molecule has 1 saturated carbocycles. The predicted octanol–water partition coefficient (Wildman–Crippen LogP) is 1.47. The summed E-state index contributed by atoms with van der Waals surface area (Å²) in [6, 6.07) is 0.0248. The van der Waals surface area contributed by atoms with Crippen molar-refractivity contribution < 1.29 is 4.79 Å². The van der Waals surface area contributed by atoms with E-state index in [1.165, 1.54) is 12.8 Å². The van der Waals surface area contributed by atoms with Gasteiger partial charge in [0.05, 0.1) is 0 Å². The van der Waals surface area contributed by atoms with E-state index in [0.717, 1.165) is 18.4 Å². The smallest absolute Gasteiger partial charge is 0.316 e. The highest BCUT2D eigenvalue weighted by Crippen LogP contribution is 2.42. The molecule has 0 radical (unpaired) electrons. The number of amides is 2. The SMILES string of the molecule is CN(C)C(=O)NCC1CC2C=CC1C2. The van der Waals surface area contributed by atoms with Crippen molar-refractivity contribution in [2.45, 2.75) is 12.8 Å². The van der Waals surface area contributed by atoms with Gasteiger partial charge >= 0.3 is 6.03 Å². The number of carbonyl (C=O) groups is 1. The van der Waals surface area contributed by atoms with Gasteiger partial charge in [-0.05, 0) is 30.6 Å². The molecule has 2 aliphatic carbocycles. The van der Waals surface area contributed by atoms with Crippen molar-refractivity contribution in [3.63, 3.8) is 0 Å². The number of nitrogens with one attached hydrogen (secondary N) is 1. The second-order valence-corrected chi connectivity index (χ2v) is 4.62. The maximum atomic E-state index is 11.3. The molecular weight excluding hydrogens is 176 g/mol. The minimum atomic E-state index is 0.0248. The van der Waals surface area contributed by atoms with Crippen LogP contribution in [-0.4, -0.2) is 31.6 Å². The molecule has 0 saturated heterocycles. The Morgan fingerprint density at radius 3 is 2.71 bits per heavy atom. The number of hydrogen-bond acceptors (Lipinski definition) is 1. The molecule has 14 heavy (non-hydrogen) atoms. The fraction of sp³-hybridized carbons (Fsp3) is 0.727. The van der Waals surface area contributed by atoms with Crippen LogP contribution in [0.4, 0.5) is 4.79 Å². The van der Waals surface area contributed by atoms with Gasteiger partial charge in [-0.3, -0.25) is 0 Å². The Balaban J connectivity index is 1.77. The number of fused-ring (bicyclic) bond motifs is 2. The molecule has 3 nitrogen and oxygen atoms in total. The van der Waals surface area contributed by atoms with Crippen molar-refractivity contribution in [1.82, 2.24) is 10.2 Å². The van der Waals surface area contributed by atoms with Gasteiger partial charge in [0.1, 0.15) is 0 Å². The normalized spacial score (nSPS) is 33.4. The lowest BCUT2D eigenvalue weighted by atomic mass is 9.94. The van der Waals surface area contributed by atoms with Crippen LogP contribution in [0, 0.1) is 17.8 Å². The first kappa shape index (κ1) is 9.56. The summed E-state index contributed by atoms with van der Waals surface area (Å²) in [5.74, 6) is 2.19. The molecule has 0 spiro atoms. The summed E-state index contributed by atoms with van der Waals surface area (Å²) in [6.45, 7) is 0.836. The van der Waals surface area contributed by atoms with Gasteiger partial charge in [0.2, 0.25) is 0 Å². The first-order chi connectivity index (χ1) is 6.66. The zero-order valence-corrected chi connectivity index (χ0v) is 8.86. The quantitative estimate of drug-likeness (QED) is 0.663. The monoisotopic (exact) mass is 194 g/mol. The van der Waals surface area contributed by atoms with Gasteiger partial charge < -0.3 is 10.2 Å². The van der Waals surface area contributed by atoms with E-state index in [9.17, 15) is 4.79 Å². The topological polar surface area (TPSA) is 32.3 Å². The second kappa shape index (κ2) is 3.64. The largest absolute Gasteiger partial charge is 0.338 e. The average molecular weight is 194 g/mol. The summed E-state index contributed by atoms with van der Waals surface area (Å²) in [6.07, 6.45) is 7.22. The standard InChI is InChI=1S/C11H18N2O/c1-13(2)11(14)12-7-10-6-8-3-4-9(10)5-8/h3-4,8-10H,5-7H2,1-2H3,(H,12,14). The molecular formula is C11H18N2O. The highest BCUT2D eigenvalue weighted by Gasteiger charge is 2.35. The van der Waals surface area contributed by atoms with Gasteiger partial charge in [-0.15, -0.1) is 0 Å². The van der Waals surface area contributed by atoms with Crippen molar-refractivity contribution in [3.8, 4) is 0 Å². The van der Waals surface area contributed by atoms with Gasteiger partial charge in [-0.2, -0.15) is 0 Å². The lowest BCUT2D eigenvalue weighted by Crippen LogP contribution is -2.38. The molecule has 0 heterocycles. The molecule has 0 aromatic heterocycles. The summed E-state index contributed by atoms with van der Waals surface area (Å²) in [4.78, 5) is 12.9. The van der Waals surface area contributed by atoms with Gasteiger partial charge in [0, 0.05) is 20.6 Å². The molecule has 2 amide bonds. The highest BCUT2D eigenvalue weighted by atomic mass is 16.2. The lowest BCUT2D eigenvalue weighted by molar-refractivity contribution is 0.214. The van der Waals surface area contributed by atoms with Gasteiger partial charge in [0.15, 0.2) is 0 Å². The lowest BCUT2D eigenvalue weighted by Gasteiger charge is -2.20. The van der Waals surface area contributed by atoms with Crippen LogP contribution in [-0.2, 0) is 0 Å². The third-order valence-corrected chi connectivity index (χ3v) is 3.34. The van der Waals surface area contributed by atoms with E-state index in [4.69, 9.17) is 0 Å². The van der Waals surface area contributed by atoms with Crippen LogP contribution in [0.2, 0.25) is 0 Å². The number of carbonyl (C=O) groups excluding carboxylic acids is 1. The maximum absolute atomic E-state index is 11.3. The van der Waals surface area contributed by atoms with E-state index in [1.807, 2.05) is 0 Å². The molecule has 3 heteroatoms. The number of allylic oxidation sites excluding steroid dienone is 2. The Hall–Kier alpha value is -0.990. The molecule has 2 bridgehead atoms. The summed E-state index contributed by atoms with van der Waals surface area (Å²) >= 11 is 0. The molecule has 0 aliphatic heterocycles. The first-order valence-corrected chi connectivity index (χ1v) is 5.30. The fourth-order valence-corrected chi connectivity index (χ4v) is 2.51. The zero-order chi connectivity index (χ0) is 10.1. The first-order valence-electron chi connectivity index (χ1n) is 5.30. The van der Waals surface area contributed by atoms with Crippen molar-refractivity contribution >= 4 is 6.03 Å². The van der Waals surface area contributed by atoms with Crippen LogP contribution < -0.4 is 5.32 Å². The highest BCUT2D eigenvalue weighted by molar-refractivity contribution is 5.73. The van der Waals surface area contributed by atoms with E-state index in [1.54, 1.807) is 19.0 Å². The molecule has 1 fully saturated rings. The predicted molar refractivity (Wildman–Crippen MR) is 55.9 cm³/mol. The van der Waals surface area contributed by atoms with Crippen molar-refractivity contribution in [3.05, 3.63) is 12.2 Å². The van der Waals surface area contributed by atoms with E-state index < -0.39 is 0 Å². The van der Waals surface area contributed by atoms with E-state index in [2.05, 4.69) is 17.5 Å². The molecule has 0 aromatic carbocycles. The van der Waals surface area contributed by atoms with Crippen LogP contribution in [0.25, 0.3) is 0 Å². The molecule has 2 aliphatic rings. The molecule has 1 N–H and O–H groups in total. The Bertz CT molecular complexity index is 260. The van der Waals surface area contributed by atoms with Gasteiger partial charge in [-0.25, -0.2) is 4.79 Å². The molecule has 3 atom stereocenters. The Kier molecular flexibility index (Phi) is 2.48. The third kappa shape index (κ3) is 1.76. The average Bonchev–Trinajstić information content (AvgIpc) is 2.74. The molecule has 3 unspecified atom stereocenters. The van der Waals surface area contributed by atoms with Crippen LogP contribution in [0.5, 0.6) is 0 Å². The second-order valence-electron chi connectivity index (χ2n) is 4.62. The minimum absolute atomic E-state index is 0.0248. The molecule has 0 aromatic rings. The summed E-state index contributed by atoms with van der Waals surface area (Å²) in [7, 11) is 3.55. The summed E-state index contributed by atoms with van der Waals surface area (Å²) in [5, 5.41) is 2.96. The molecule has 2 rings (SSSR count). The Morgan fingerprint density at radius 2 is 2.21 bits per heavy atom. The number of urea groups is 1. The minimum Gasteiger partial charge on any atom is -0.338 e. The van der Waals surface area contributed by atoms with Crippen molar-refractivity contribution in [2.24, 2.45) is 17.8 Å². The van der Waals surface area contributed by atoms with Crippen molar-refractivity contribution in [1.29, 1.82) is 0 Å². The van der Waals surface area contributed by atoms with Crippen LogP contribution in [0.15, 0.2) is 12.2 Å². The number of nitrogens with zero attached hydrogens (tertiary/aromatic N) is 1. The zero-order valence-electron chi connectivity index (χ0n) is 8.86. The van der Waals surface area contributed by atoms with E-state index in [-0.39, 0.29) is 6.03 Å². The van der Waals surface area contributed by atoms with E-state index in [0.29, 0.717) is 5.92 Å². The van der Waals surface area contributed by atoms with Crippen LogP contribution >= 0.6 is 0 Å². The number of hydrogen-bond donors (Lipinski definition) is 1. The molecule has 78 valence electrons. The van der Waals surface area contributed by atoms with Crippen molar-refractivity contribution in [2.75, 3.05) is 20.6 Å². The van der Waals surface area contributed by atoms with Gasteiger partial charge in [-0.1, -0.05) is 12.2 Å². The van der Waals surface area contributed by atoms with E-state index >= 15 is 0 Å².